The van der Waals surface area contributed by atoms with Crippen LogP contribution in [0.4, 0.5) is 5.69 Å². The van der Waals surface area contributed by atoms with Gasteiger partial charge >= 0.3 is 5.69 Å². The molecule has 1 saturated heterocycles. The zero-order chi connectivity index (χ0) is 13.3. The molecule has 3 N–H and O–H groups in total. The number of rotatable bonds is 4. The largest absolute Gasteiger partial charge is 0.500 e. The highest BCUT2D eigenvalue weighted by Gasteiger charge is 2.41. The molecule has 1 aromatic rings. The highest BCUT2D eigenvalue weighted by atomic mass is 16.6. The van der Waals surface area contributed by atoms with Crippen LogP contribution in [0.3, 0.4) is 0 Å². The molecule has 1 aliphatic rings. The normalized spacial score (nSPS) is 17.0. The molecule has 0 amide bonds. The Hall–Kier alpha value is -1.86. The van der Waals surface area contributed by atoms with Gasteiger partial charge in [0.2, 0.25) is 5.75 Å². The molecule has 0 saturated carbocycles. The number of nitro benzene ring substituents is 1. The molecule has 7 heteroatoms. The number of benzene rings is 1. The lowest BCUT2D eigenvalue weighted by Gasteiger charge is -2.40. The monoisotopic (exact) mass is 254 g/mol. The Morgan fingerprint density at radius 3 is 2.67 bits per heavy atom. The van der Waals surface area contributed by atoms with Crippen molar-refractivity contribution in [1.29, 1.82) is 0 Å². The van der Waals surface area contributed by atoms with Crippen LogP contribution in [0, 0.1) is 10.1 Å². The Labute approximate surface area is 103 Å². The van der Waals surface area contributed by atoms with Crippen molar-refractivity contribution in [2.45, 2.75) is 5.41 Å². The zero-order valence-corrected chi connectivity index (χ0v) is 9.88. The van der Waals surface area contributed by atoms with Crippen LogP contribution in [0.1, 0.15) is 5.56 Å². The minimum atomic E-state index is -0.648. The van der Waals surface area contributed by atoms with Crippen LogP contribution < -0.4 is 10.5 Å². The number of methoxy groups -OCH3 is 1. The summed E-state index contributed by atoms with van der Waals surface area (Å²) in [6.07, 6.45) is 0. The smallest absolute Gasteiger partial charge is 0.314 e. The molecule has 0 unspecified atom stereocenters. The van der Waals surface area contributed by atoms with Gasteiger partial charge in [0.25, 0.3) is 0 Å². The molecule has 0 radical (unpaired) electrons. The standard InChI is InChI=1S/C11H14N2O5/c1-17-9-3-7(11(4-12)5-18-6-11)2-8(10(9)14)13(15)16/h2-3,14H,4-6,12H2,1H3. The number of hydrogen-bond donors (Lipinski definition) is 2. The van der Waals surface area contributed by atoms with Gasteiger partial charge in [-0.15, -0.1) is 0 Å². The van der Waals surface area contributed by atoms with Crippen molar-refractivity contribution in [2.75, 3.05) is 26.9 Å². The maximum atomic E-state index is 10.9. The van der Waals surface area contributed by atoms with Crippen LogP contribution in [0.15, 0.2) is 12.1 Å². The fourth-order valence-electron chi connectivity index (χ4n) is 1.94. The molecule has 1 aromatic carbocycles. The molecule has 2 rings (SSSR count). The average molecular weight is 254 g/mol. The first-order valence-corrected chi connectivity index (χ1v) is 5.38. The van der Waals surface area contributed by atoms with Gasteiger partial charge in [0.15, 0.2) is 5.75 Å². The lowest BCUT2D eigenvalue weighted by Crippen LogP contribution is -2.52. The highest BCUT2D eigenvalue weighted by Crippen LogP contribution is 2.42. The van der Waals surface area contributed by atoms with Gasteiger partial charge in [-0.3, -0.25) is 10.1 Å². The van der Waals surface area contributed by atoms with Crippen molar-refractivity contribution in [3.8, 4) is 11.5 Å². The minimum Gasteiger partial charge on any atom is -0.500 e. The van der Waals surface area contributed by atoms with Crippen LogP contribution >= 0.6 is 0 Å². The Kier molecular flexibility index (Phi) is 3.10. The number of hydrogen-bond acceptors (Lipinski definition) is 6. The van der Waals surface area contributed by atoms with E-state index in [1.54, 1.807) is 6.07 Å². The molecule has 1 aliphatic heterocycles. The van der Waals surface area contributed by atoms with Crippen LogP contribution in [-0.4, -0.2) is 36.9 Å². The van der Waals surface area contributed by atoms with E-state index in [1.807, 2.05) is 0 Å². The molecule has 7 nitrogen and oxygen atoms in total. The van der Waals surface area contributed by atoms with Gasteiger partial charge in [-0.05, 0) is 11.6 Å². The lowest BCUT2D eigenvalue weighted by atomic mass is 9.78. The van der Waals surface area contributed by atoms with Crippen molar-refractivity contribution >= 4 is 5.69 Å². The molecule has 1 heterocycles. The van der Waals surface area contributed by atoms with Crippen molar-refractivity contribution in [3.05, 3.63) is 27.8 Å². The molecule has 1 fully saturated rings. The number of ether oxygens (including phenoxy) is 2. The molecule has 0 spiro atoms. The van der Waals surface area contributed by atoms with E-state index in [2.05, 4.69) is 0 Å². The van der Waals surface area contributed by atoms with E-state index in [9.17, 15) is 15.2 Å². The molecule has 18 heavy (non-hydrogen) atoms. The van der Waals surface area contributed by atoms with Crippen LogP contribution in [-0.2, 0) is 10.2 Å². The third-order valence-corrected chi connectivity index (χ3v) is 3.23. The van der Waals surface area contributed by atoms with Gasteiger partial charge in [-0.25, -0.2) is 0 Å². The summed E-state index contributed by atoms with van der Waals surface area (Å²) in [5, 5.41) is 20.6. The Bertz CT molecular complexity index is 479. The first-order chi connectivity index (χ1) is 8.54. The van der Waals surface area contributed by atoms with Gasteiger partial charge in [0.05, 0.1) is 30.7 Å². The van der Waals surface area contributed by atoms with Crippen LogP contribution in [0.5, 0.6) is 11.5 Å². The van der Waals surface area contributed by atoms with E-state index in [-0.39, 0.29) is 11.4 Å². The quantitative estimate of drug-likeness (QED) is 0.599. The summed E-state index contributed by atoms with van der Waals surface area (Å²) in [4.78, 5) is 10.2. The van der Waals surface area contributed by atoms with Gasteiger partial charge in [-0.2, -0.15) is 0 Å². The predicted octanol–water partition coefficient (Wildman–Crippen LogP) is 0.536. The predicted molar refractivity (Wildman–Crippen MR) is 62.9 cm³/mol. The number of aromatic hydroxyl groups is 1. The van der Waals surface area contributed by atoms with Crippen molar-refractivity contribution in [1.82, 2.24) is 0 Å². The minimum absolute atomic E-state index is 0.0684. The molecular weight excluding hydrogens is 240 g/mol. The summed E-state index contributed by atoms with van der Waals surface area (Å²) in [5.41, 5.74) is 5.54. The van der Waals surface area contributed by atoms with Crippen molar-refractivity contribution in [2.24, 2.45) is 5.73 Å². The molecule has 0 aromatic heterocycles. The van der Waals surface area contributed by atoms with Gasteiger partial charge in [0, 0.05) is 12.6 Å². The van der Waals surface area contributed by atoms with E-state index in [0.29, 0.717) is 25.3 Å². The molecular formula is C11H14N2O5. The van der Waals surface area contributed by atoms with E-state index in [4.69, 9.17) is 15.2 Å². The van der Waals surface area contributed by atoms with Crippen molar-refractivity contribution in [3.63, 3.8) is 0 Å². The van der Waals surface area contributed by atoms with Gasteiger partial charge in [0.1, 0.15) is 0 Å². The number of nitro groups is 1. The second-order valence-corrected chi connectivity index (χ2v) is 4.28. The summed E-state index contributed by atoms with van der Waals surface area (Å²) in [7, 11) is 1.34. The Morgan fingerprint density at radius 1 is 1.61 bits per heavy atom. The molecule has 98 valence electrons. The summed E-state index contributed by atoms with van der Waals surface area (Å²) >= 11 is 0. The van der Waals surface area contributed by atoms with E-state index in [0.717, 1.165) is 0 Å². The maximum Gasteiger partial charge on any atom is 0.314 e. The topological polar surface area (TPSA) is 108 Å². The highest BCUT2D eigenvalue weighted by molar-refractivity contribution is 5.58. The second kappa shape index (κ2) is 4.43. The number of nitrogens with two attached hydrogens (primary N) is 1. The lowest BCUT2D eigenvalue weighted by molar-refractivity contribution is -0.386. The van der Waals surface area contributed by atoms with Crippen LogP contribution in [0.2, 0.25) is 0 Å². The summed E-state index contributed by atoms with van der Waals surface area (Å²) in [6, 6.07) is 2.89. The maximum absolute atomic E-state index is 10.9. The van der Waals surface area contributed by atoms with Gasteiger partial charge in [-0.1, -0.05) is 0 Å². The summed E-state index contributed by atoms with van der Waals surface area (Å²) in [5.74, 6) is -0.405. The number of phenolic OH excluding ortho intramolecular Hbond substituents is 1. The SMILES string of the molecule is COc1cc(C2(CN)COC2)cc([N+](=O)[O-])c1O. The molecule has 0 atom stereocenters. The fraction of sp³-hybridized carbons (Fsp3) is 0.455. The van der Waals surface area contributed by atoms with E-state index < -0.39 is 16.1 Å². The third kappa shape index (κ3) is 1.77. The summed E-state index contributed by atoms with van der Waals surface area (Å²) in [6.45, 7) is 1.14. The Morgan fingerprint density at radius 2 is 2.28 bits per heavy atom. The average Bonchev–Trinajstić information content (AvgIpc) is 2.29. The number of nitrogens with zero attached hydrogens (tertiary/aromatic N) is 1. The van der Waals surface area contributed by atoms with E-state index in [1.165, 1.54) is 13.2 Å². The first kappa shape index (κ1) is 12.6. The van der Waals surface area contributed by atoms with Crippen molar-refractivity contribution < 1.29 is 19.5 Å². The fourth-order valence-corrected chi connectivity index (χ4v) is 1.94. The van der Waals surface area contributed by atoms with Gasteiger partial charge < -0.3 is 20.3 Å². The number of phenols is 1. The third-order valence-electron chi connectivity index (χ3n) is 3.23. The summed E-state index contributed by atoms with van der Waals surface area (Å²) < 4.78 is 10.1. The van der Waals surface area contributed by atoms with E-state index >= 15 is 0 Å². The second-order valence-electron chi connectivity index (χ2n) is 4.28. The molecule has 0 bridgehead atoms. The van der Waals surface area contributed by atoms with Crippen LogP contribution in [0.25, 0.3) is 0 Å². The first-order valence-electron chi connectivity index (χ1n) is 5.38. The molecule has 0 aliphatic carbocycles. The zero-order valence-electron chi connectivity index (χ0n) is 9.88. The Balaban J connectivity index is 2.55.